The van der Waals surface area contributed by atoms with Gasteiger partial charge in [-0.15, -0.1) is 0 Å². The van der Waals surface area contributed by atoms with Crippen molar-refractivity contribution in [2.45, 2.75) is 104 Å². The summed E-state index contributed by atoms with van der Waals surface area (Å²) in [6, 6.07) is 14.2. The lowest BCUT2D eigenvalue weighted by molar-refractivity contribution is -0.156. The number of alkyl carbamates (subject to hydrolysis) is 2. The number of esters is 2. The van der Waals surface area contributed by atoms with Crippen molar-refractivity contribution < 1.29 is 47.7 Å². The molecule has 4 N–H and O–H groups in total. The van der Waals surface area contributed by atoms with Crippen molar-refractivity contribution >= 4 is 35.9 Å². The summed E-state index contributed by atoms with van der Waals surface area (Å²) in [5.74, 6) is -2.61. The Morgan fingerprint density at radius 2 is 0.900 bits per heavy atom. The Bertz CT molecular complexity index is 1300. The minimum Gasteiger partial charge on any atom is -0.460 e. The van der Waals surface area contributed by atoms with Crippen molar-refractivity contribution in [3.8, 4) is 0 Å². The lowest BCUT2D eigenvalue weighted by atomic mass is 10.1. The van der Waals surface area contributed by atoms with Crippen LogP contribution in [0.25, 0.3) is 0 Å². The molecule has 0 aromatic heterocycles. The van der Waals surface area contributed by atoms with Crippen LogP contribution in [-0.2, 0) is 51.3 Å². The van der Waals surface area contributed by atoms with E-state index in [1.165, 1.54) is 0 Å². The molecule has 2 atom stereocenters. The van der Waals surface area contributed by atoms with Crippen LogP contribution in [0.5, 0.6) is 0 Å². The molecule has 0 bridgehead atoms. The fraction of sp³-hybridized carbons (Fsp3) is 0.500. The summed E-state index contributed by atoms with van der Waals surface area (Å²) < 4.78 is 21.2. The molecule has 14 nitrogen and oxygen atoms in total. The second-order valence-electron chi connectivity index (χ2n) is 13.3. The number of carbonyl (C=O) groups excluding carboxylic acids is 6. The molecule has 2 aromatic rings. The third-order valence-corrected chi connectivity index (χ3v) is 6.42. The highest BCUT2D eigenvalue weighted by atomic mass is 16.6. The highest BCUT2D eigenvalue weighted by molar-refractivity contribution is 5.96. The lowest BCUT2D eigenvalue weighted by Crippen LogP contribution is -2.63. The summed E-state index contributed by atoms with van der Waals surface area (Å²) in [5, 5.41) is 9.98. The van der Waals surface area contributed by atoms with Gasteiger partial charge in [0.1, 0.15) is 36.5 Å². The smallest absolute Gasteiger partial charge is 0.408 e. The number of hydrogen-bond donors (Lipinski definition) is 4. The van der Waals surface area contributed by atoms with Crippen LogP contribution in [0, 0.1) is 0 Å². The lowest BCUT2D eigenvalue weighted by Gasteiger charge is -2.27. The molecule has 0 aliphatic carbocycles. The Hall–Kier alpha value is -5.14. The predicted octanol–water partition coefficient (Wildman–Crippen LogP) is 4.05. The first-order valence-corrected chi connectivity index (χ1v) is 16.5. The van der Waals surface area contributed by atoms with E-state index in [4.69, 9.17) is 18.9 Å². The normalized spacial score (nSPS) is 12.4. The number of nitrogens with one attached hydrogen (secondary N) is 4. The van der Waals surface area contributed by atoms with Crippen LogP contribution in [0.2, 0.25) is 0 Å². The standard InChI is InChI=1S/C36H50N4O10/c1-35(2,3)49-27(41)19-13-21-37-31(43)29(39-33(45)47-23-25-15-9-7-10-16-25)30(40-34(46)48-24-26-17-11-8-12-18-26)32(44)38-22-14-20-28(42)50-36(4,5)6/h7-12,15-18,29-30H,13-14,19-24H2,1-6H3,(H,37,43)(H,38,44)(H,39,45)(H,40,46)/t29-,30+. The van der Waals surface area contributed by atoms with Gasteiger partial charge in [-0.3, -0.25) is 19.2 Å². The molecule has 274 valence electrons. The van der Waals surface area contributed by atoms with E-state index < -0.39 is 59.2 Å². The number of hydrogen-bond acceptors (Lipinski definition) is 10. The van der Waals surface area contributed by atoms with Crippen LogP contribution in [0.4, 0.5) is 9.59 Å². The first-order chi connectivity index (χ1) is 23.5. The fourth-order valence-electron chi connectivity index (χ4n) is 4.28. The molecule has 14 heteroatoms. The van der Waals surface area contributed by atoms with E-state index in [9.17, 15) is 28.8 Å². The molecule has 4 amide bonds. The summed E-state index contributed by atoms with van der Waals surface area (Å²) in [6.45, 7) is 10.1. The van der Waals surface area contributed by atoms with E-state index in [2.05, 4.69) is 21.3 Å². The average molecular weight is 699 g/mol. The van der Waals surface area contributed by atoms with Crippen LogP contribution in [-0.4, -0.2) is 72.3 Å². The zero-order valence-corrected chi connectivity index (χ0v) is 29.7. The van der Waals surface area contributed by atoms with Gasteiger partial charge in [-0.05, 0) is 65.5 Å². The van der Waals surface area contributed by atoms with Crippen molar-refractivity contribution in [1.29, 1.82) is 0 Å². The zero-order valence-electron chi connectivity index (χ0n) is 29.7. The monoisotopic (exact) mass is 698 g/mol. The number of benzene rings is 2. The largest absolute Gasteiger partial charge is 0.460 e. The van der Waals surface area contributed by atoms with Crippen molar-refractivity contribution in [3.63, 3.8) is 0 Å². The fourth-order valence-corrected chi connectivity index (χ4v) is 4.28. The molecule has 0 spiro atoms. The third kappa shape index (κ3) is 17.9. The van der Waals surface area contributed by atoms with Gasteiger partial charge in [-0.1, -0.05) is 60.7 Å². The Kier molecular flexibility index (Phi) is 16.7. The van der Waals surface area contributed by atoms with Crippen molar-refractivity contribution in [2.75, 3.05) is 13.1 Å². The Morgan fingerprint density at radius 1 is 0.560 bits per heavy atom. The quantitative estimate of drug-likeness (QED) is 0.107. The highest BCUT2D eigenvalue weighted by Crippen LogP contribution is 2.11. The summed E-state index contributed by atoms with van der Waals surface area (Å²) in [4.78, 5) is 77.3. The van der Waals surface area contributed by atoms with E-state index in [-0.39, 0.29) is 52.0 Å². The molecule has 2 aromatic carbocycles. The van der Waals surface area contributed by atoms with E-state index >= 15 is 0 Å². The van der Waals surface area contributed by atoms with E-state index in [0.29, 0.717) is 11.1 Å². The van der Waals surface area contributed by atoms with Crippen molar-refractivity contribution in [3.05, 3.63) is 71.8 Å². The second kappa shape index (κ2) is 20.4. The number of ether oxygens (including phenoxy) is 4. The van der Waals surface area contributed by atoms with Gasteiger partial charge in [-0.2, -0.15) is 0 Å². The molecule has 0 heterocycles. The number of rotatable bonds is 17. The molecule has 0 unspecified atom stereocenters. The Labute approximate surface area is 293 Å². The van der Waals surface area contributed by atoms with E-state index in [0.717, 1.165) is 0 Å². The maximum atomic E-state index is 13.6. The molecule has 2 rings (SSSR count). The average Bonchev–Trinajstić information content (AvgIpc) is 3.04. The molecule has 0 aliphatic heterocycles. The first-order valence-electron chi connectivity index (χ1n) is 16.5. The summed E-state index contributed by atoms with van der Waals surface area (Å²) in [5.41, 5.74) is -0.00613. The SMILES string of the molecule is CC(C)(C)OC(=O)CCCNC(=O)[C@@H](NC(=O)OCc1ccccc1)[C@@H](NC(=O)OCc1ccccc1)C(=O)NCCCC(=O)OC(C)(C)C. The summed E-state index contributed by atoms with van der Waals surface area (Å²) >= 11 is 0. The number of amides is 4. The zero-order chi connectivity index (χ0) is 37.2. The summed E-state index contributed by atoms with van der Waals surface area (Å²) in [6.07, 6.45) is -1.68. The predicted molar refractivity (Wildman–Crippen MR) is 183 cm³/mol. The highest BCUT2D eigenvalue weighted by Gasteiger charge is 2.37. The van der Waals surface area contributed by atoms with Crippen LogP contribution in [0.3, 0.4) is 0 Å². The molecule has 0 saturated carbocycles. The molecule has 0 radical (unpaired) electrons. The topological polar surface area (TPSA) is 187 Å². The van der Waals surface area contributed by atoms with Gasteiger partial charge in [0.25, 0.3) is 0 Å². The van der Waals surface area contributed by atoms with Crippen LogP contribution in [0.15, 0.2) is 60.7 Å². The van der Waals surface area contributed by atoms with Gasteiger partial charge in [0.05, 0.1) is 0 Å². The maximum absolute atomic E-state index is 13.6. The molecule has 0 saturated heterocycles. The van der Waals surface area contributed by atoms with E-state index in [1.54, 1.807) is 102 Å². The summed E-state index contributed by atoms with van der Waals surface area (Å²) in [7, 11) is 0. The van der Waals surface area contributed by atoms with Crippen LogP contribution in [0.1, 0.15) is 78.4 Å². The molecular formula is C36H50N4O10. The maximum Gasteiger partial charge on any atom is 0.408 e. The molecule has 0 fully saturated rings. The first kappa shape index (κ1) is 41.0. The van der Waals surface area contributed by atoms with Gasteiger partial charge in [-0.25, -0.2) is 9.59 Å². The van der Waals surface area contributed by atoms with Crippen molar-refractivity contribution in [2.24, 2.45) is 0 Å². The van der Waals surface area contributed by atoms with Gasteiger partial charge in [0.15, 0.2) is 0 Å². The molecule has 0 aliphatic rings. The van der Waals surface area contributed by atoms with Crippen molar-refractivity contribution in [1.82, 2.24) is 21.3 Å². The Balaban J connectivity index is 2.21. The van der Waals surface area contributed by atoms with Gasteiger partial charge in [0.2, 0.25) is 11.8 Å². The van der Waals surface area contributed by atoms with Gasteiger partial charge < -0.3 is 40.2 Å². The second-order valence-corrected chi connectivity index (χ2v) is 13.3. The van der Waals surface area contributed by atoms with Gasteiger partial charge in [0, 0.05) is 25.9 Å². The minimum atomic E-state index is -1.69. The molecular weight excluding hydrogens is 648 g/mol. The Morgan fingerprint density at radius 3 is 1.22 bits per heavy atom. The van der Waals surface area contributed by atoms with Crippen LogP contribution < -0.4 is 21.3 Å². The van der Waals surface area contributed by atoms with E-state index in [1.807, 2.05) is 0 Å². The number of carbonyl (C=O) groups is 6. The van der Waals surface area contributed by atoms with Crippen LogP contribution >= 0.6 is 0 Å². The minimum absolute atomic E-state index is 0.000384. The van der Waals surface area contributed by atoms with Gasteiger partial charge >= 0.3 is 24.1 Å². The third-order valence-electron chi connectivity index (χ3n) is 6.42. The molecule has 50 heavy (non-hydrogen) atoms.